The quantitative estimate of drug-likeness (QED) is 0.791. The fourth-order valence-corrected chi connectivity index (χ4v) is 3.33. The number of benzene rings is 1. The molecular weight excluding hydrogens is 350 g/mol. The fraction of sp³-hybridized carbons (Fsp3) is 0.600. The first-order valence-electron chi connectivity index (χ1n) is 9.44. The number of likely N-dealkylation sites (tertiary alicyclic amines) is 1. The predicted molar refractivity (Wildman–Crippen MR) is 106 cm³/mol. The smallest absolute Gasteiger partial charge is 0.314 e. The molecule has 1 heterocycles. The number of amides is 3. The largest absolute Gasteiger partial charge is 0.343 e. The van der Waals surface area contributed by atoms with Crippen LogP contribution in [0.5, 0.6) is 0 Å². The molecule has 0 atom stereocenters. The fourth-order valence-electron chi connectivity index (χ4n) is 3.14. The van der Waals surface area contributed by atoms with Crippen molar-refractivity contribution >= 4 is 23.5 Å². The van der Waals surface area contributed by atoms with E-state index < -0.39 is 0 Å². The molecule has 0 spiro atoms. The first-order chi connectivity index (χ1) is 12.4. The van der Waals surface area contributed by atoms with Gasteiger partial charge >= 0.3 is 6.03 Å². The van der Waals surface area contributed by atoms with Crippen molar-refractivity contribution in [3.63, 3.8) is 0 Å². The highest BCUT2D eigenvalue weighted by Crippen LogP contribution is 2.24. The second-order valence-corrected chi connectivity index (χ2v) is 7.99. The molecule has 1 aliphatic rings. The normalized spacial score (nSPS) is 15.3. The summed E-state index contributed by atoms with van der Waals surface area (Å²) in [5.74, 6) is 0.131. The van der Waals surface area contributed by atoms with Crippen LogP contribution in [-0.2, 0) is 10.2 Å². The van der Waals surface area contributed by atoms with Crippen LogP contribution in [0.1, 0.15) is 51.5 Å². The molecule has 0 aliphatic carbocycles. The average molecular weight is 380 g/mol. The summed E-state index contributed by atoms with van der Waals surface area (Å²) in [6.07, 6.45) is 4.92. The number of carbonyl (C=O) groups is 2. The van der Waals surface area contributed by atoms with Crippen LogP contribution in [0.2, 0.25) is 5.02 Å². The first kappa shape index (κ1) is 20.6. The van der Waals surface area contributed by atoms with E-state index in [1.165, 1.54) is 12.8 Å². The number of rotatable bonds is 6. The molecular formula is C20H30ClN3O2. The number of hydrogen-bond acceptors (Lipinski definition) is 2. The minimum atomic E-state index is -0.247. The Morgan fingerprint density at radius 2 is 1.81 bits per heavy atom. The van der Waals surface area contributed by atoms with E-state index in [9.17, 15) is 9.59 Å². The minimum absolute atomic E-state index is 0.131. The van der Waals surface area contributed by atoms with Crippen molar-refractivity contribution in [3.8, 4) is 0 Å². The van der Waals surface area contributed by atoms with E-state index in [1.54, 1.807) is 0 Å². The molecule has 2 rings (SSSR count). The van der Waals surface area contributed by atoms with Crippen molar-refractivity contribution in [3.05, 3.63) is 34.9 Å². The molecule has 144 valence electrons. The maximum atomic E-state index is 12.2. The molecule has 0 unspecified atom stereocenters. The number of carbonyl (C=O) groups excluding carboxylic acids is 2. The van der Waals surface area contributed by atoms with Gasteiger partial charge in [0.2, 0.25) is 5.91 Å². The summed E-state index contributed by atoms with van der Waals surface area (Å²) in [5, 5.41) is 6.35. The van der Waals surface area contributed by atoms with Gasteiger partial charge in [0.15, 0.2) is 0 Å². The van der Waals surface area contributed by atoms with Gasteiger partial charge in [-0.1, -0.05) is 50.4 Å². The van der Waals surface area contributed by atoms with Gasteiger partial charge in [-0.25, -0.2) is 4.79 Å². The van der Waals surface area contributed by atoms with Gasteiger partial charge in [0, 0.05) is 43.0 Å². The number of nitrogens with zero attached hydrogens (tertiary/aromatic N) is 1. The summed E-state index contributed by atoms with van der Waals surface area (Å²) in [5.41, 5.74) is 0.839. The zero-order valence-electron chi connectivity index (χ0n) is 15.8. The SMILES string of the molecule is CC(C)(CNC(=O)NCCC(=O)N1CCCCCC1)c1cccc(Cl)c1. The van der Waals surface area contributed by atoms with E-state index in [2.05, 4.69) is 24.5 Å². The zero-order valence-corrected chi connectivity index (χ0v) is 16.6. The molecule has 6 heteroatoms. The van der Waals surface area contributed by atoms with Crippen molar-refractivity contribution in [1.82, 2.24) is 15.5 Å². The molecule has 5 nitrogen and oxygen atoms in total. The third-order valence-corrected chi connectivity index (χ3v) is 5.12. The summed E-state index contributed by atoms with van der Waals surface area (Å²) >= 11 is 6.05. The van der Waals surface area contributed by atoms with Gasteiger partial charge in [0.25, 0.3) is 0 Å². The van der Waals surface area contributed by atoms with Crippen molar-refractivity contribution in [2.75, 3.05) is 26.2 Å². The molecule has 1 saturated heterocycles. The molecule has 0 bridgehead atoms. The van der Waals surface area contributed by atoms with Crippen LogP contribution >= 0.6 is 11.6 Å². The Morgan fingerprint density at radius 1 is 1.12 bits per heavy atom. The van der Waals surface area contributed by atoms with Gasteiger partial charge in [-0.3, -0.25) is 4.79 Å². The molecule has 2 N–H and O–H groups in total. The highest BCUT2D eigenvalue weighted by molar-refractivity contribution is 6.30. The average Bonchev–Trinajstić information content (AvgIpc) is 2.89. The topological polar surface area (TPSA) is 61.4 Å². The Hall–Kier alpha value is -1.75. The molecule has 0 saturated carbocycles. The van der Waals surface area contributed by atoms with Crippen LogP contribution in [0, 0.1) is 0 Å². The highest BCUT2D eigenvalue weighted by Gasteiger charge is 2.22. The van der Waals surface area contributed by atoms with Crippen molar-refractivity contribution in [2.24, 2.45) is 0 Å². The van der Waals surface area contributed by atoms with Crippen LogP contribution in [0.3, 0.4) is 0 Å². The zero-order chi connectivity index (χ0) is 19.0. The highest BCUT2D eigenvalue weighted by atomic mass is 35.5. The lowest BCUT2D eigenvalue weighted by atomic mass is 9.85. The van der Waals surface area contributed by atoms with E-state index in [0.29, 0.717) is 24.5 Å². The maximum absolute atomic E-state index is 12.2. The number of halogens is 1. The van der Waals surface area contributed by atoms with E-state index in [-0.39, 0.29) is 17.4 Å². The minimum Gasteiger partial charge on any atom is -0.343 e. The first-order valence-corrected chi connectivity index (χ1v) is 9.82. The second-order valence-electron chi connectivity index (χ2n) is 7.55. The lowest BCUT2D eigenvalue weighted by Gasteiger charge is -2.26. The van der Waals surface area contributed by atoms with Crippen molar-refractivity contribution in [2.45, 2.75) is 51.4 Å². The summed E-state index contributed by atoms with van der Waals surface area (Å²) < 4.78 is 0. The van der Waals surface area contributed by atoms with Crippen LogP contribution in [0.15, 0.2) is 24.3 Å². The summed E-state index contributed by atoms with van der Waals surface area (Å²) in [6.45, 7) is 6.65. The van der Waals surface area contributed by atoms with E-state index >= 15 is 0 Å². The molecule has 1 fully saturated rings. The third kappa shape index (κ3) is 6.52. The Bertz CT molecular complexity index is 611. The van der Waals surface area contributed by atoms with Crippen LogP contribution < -0.4 is 10.6 Å². The maximum Gasteiger partial charge on any atom is 0.314 e. The number of hydrogen-bond donors (Lipinski definition) is 2. The standard InChI is InChI=1S/C20H30ClN3O2/c1-20(2,16-8-7-9-17(21)14-16)15-23-19(26)22-11-10-18(25)24-12-5-3-4-6-13-24/h7-9,14H,3-6,10-13,15H2,1-2H3,(H2,22,23,26). The van der Waals surface area contributed by atoms with Gasteiger partial charge in [-0.15, -0.1) is 0 Å². The van der Waals surface area contributed by atoms with Crippen molar-refractivity contribution in [1.29, 1.82) is 0 Å². The van der Waals surface area contributed by atoms with Gasteiger partial charge < -0.3 is 15.5 Å². The Balaban J connectivity index is 1.70. The van der Waals surface area contributed by atoms with Crippen LogP contribution in [0.25, 0.3) is 0 Å². The van der Waals surface area contributed by atoms with Gasteiger partial charge in [0.1, 0.15) is 0 Å². The molecule has 26 heavy (non-hydrogen) atoms. The lowest BCUT2D eigenvalue weighted by Crippen LogP contribution is -2.43. The summed E-state index contributed by atoms with van der Waals surface area (Å²) in [6, 6.07) is 7.42. The number of nitrogens with one attached hydrogen (secondary N) is 2. The third-order valence-electron chi connectivity index (χ3n) is 4.88. The van der Waals surface area contributed by atoms with Crippen LogP contribution in [-0.4, -0.2) is 43.0 Å². The molecule has 1 aromatic carbocycles. The van der Waals surface area contributed by atoms with Gasteiger partial charge in [-0.2, -0.15) is 0 Å². The summed E-state index contributed by atoms with van der Waals surface area (Å²) in [4.78, 5) is 26.2. The van der Waals surface area contributed by atoms with Gasteiger partial charge in [-0.05, 0) is 30.5 Å². The predicted octanol–water partition coefficient (Wildman–Crippen LogP) is 3.71. The lowest BCUT2D eigenvalue weighted by molar-refractivity contribution is -0.131. The van der Waals surface area contributed by atoms with E-state index in [1.807, 2.05) is 29.2 Å². The van der Waals surface area contributed by atoms with Gasteiger partial charge in [0.05, 0.1) is 0 Å². The van der Waals surface area contributed by atoms with E-state index in [0.717, 1.165) is 31.5 Å². The molecule has 0 aromatic heterocycles. The summed E-state index contributed by atoms with van der Waals surface area (Å²) in [7, 11) is 0. The molecule has 1 aromatic rings. The Kier molecular flexibility index (Phi) is 7.76. The Labute approximate surface area is 161 Å². The van der Waals surface area contributed by atoms with Crippen LogP contribution in [0.4, 0.5) is 4.79 Å². The van der Waals surface area contributed by atoms with E-state index in [4.69, 9.17) is 11.6 Å². The Morgan fingerprint density at radius 3 is 2.46 bits per heavy atom. The molecule has 0 radical (unpaired) electrons. The molecule has 1 aliphatic heterocycles. The number of urea groups is 1. The second kappa shape index (κ2) is 9.81. The van der Waals surface area contributed by atoms with Crippen molar-refractivity contribution < 1.29 is 9.59 Å². The molecule has 3 amide bonds. The monoisotopic (exact) mass is 379 g/mol.